The van der Waals surface area contributed by atoms with Crippen LogP contribution in [0.5, 0.6) is 0 Å². The first-order valence-corrected chi connectivity index (χ1v) is 6.50. The van der Waals surface area contributed by atoms with Crippen molar-refractivity contribution in [3.63, 3.8) is 0 Å². The predicted molar refractivity (Wildman–Crippen MR) is 75.9 cm³/mol. The quantitative estimate of drug-likeness (QED) is 0.765. The van der Waals surface area contributed by atoms with Crippen molar-refractivity contribution in [3.8, 4) is 11.4 Å². The molecular formula is C13H14N6O2. The Morgan fingerprint density at radius 2 is 2.29 bits per heavy atom. The van der Waals surface area contributed by atoms with Crippen LogP contribution in [0.1, 0.15) is 12.8 Å². The molecule has 0 atom stereocenters. The van der Waals surface area contributed by atoms with E-state index in [-0.39, 0.29) is 6.03 Å². The first kappa shape index (κ1) is 13.1. The highest BCUT2D eigenvalue weighted by atomic mass is 16.5. The summed E-state index contributed by atoms with van der Waals surface area (Å²) >= 11 is 0. The van der Waals surface area contributed by atoms with E-state index in [4.69, 9.17) is 4.52 Å². The van der Waals surface area contributed by atoms with Gasteiger partial charge < -0.3 is 14.2 Å². The molecule has 3 aromatic heterocycles. The zero-order chi connectivity index (χ0) is 14.8. The van der Waals surface area contributed by atoms with Crippen LogP contribution in [0.4, 0.5) is 10.6 Å². The van der Waals surface area contributed by atoms with Crippen molar-refractivity contribution in [3.05, 3.63) is 30.4 Å². The molecule has 3 aromatic rings. The average molecular weight is 286 g/mol. The van der Waals surface area contributed by atoms with Crippen LogP contribution in [0, 0.1) is 6.92 Å². The molecule has 0 bridgehead atoms. The van der Waals surface area contributed by atoms with Gasteiger partial charge in [-0.15, -0.1) is 0 Å². The molecule has 2 N–H and O–H groups in total. The van der Waals surface area contributed by atoms with E-state index in [0.29, 0.717) is 29.7 Å². The van der Waals surface area contributed by atoms with Crippen LogP contribution in [-0.4, -0.2) is 32.1 Å². The van der Waals surface area contributed by atoms with E-state index in [0.717, 1.165) is 5.56 Å². The number of carbonyl (C=O) groups is 1. The number of aromatic nitrogens is 4. The van der Waals surface area contributed by atoms with Crippen molar-refractivity contribution in [2.75, 3.05) is 11.9 Å². The Labute approximate surface area is 120 Å². The second-order valence-corrected chi connectivity index (χ2v) is 4.43. The number of hydrogen-bond donors (Lipinski definition) is 2. The van der Waals surface area contributed by atoms with Gasteiger partial charge in [-0.1, -0.05) is 5.16 Å². The Morgan fingerprint density at radius 3 is 3.00 bits per heavy atom. The number of imidazole rings is 1. The zero-order valence-electron chi connectivity index (χ0n) is 11.6. The Balaban J connectivity index is 1.90. The van der Waals surface area contributed by atoms with Gasteiger partial charge in [0.15, 0.2) is 5.82 Å². The number of fused-ring (bicyclic) bond motifs is 1. The Bertz CT molecular complexity index is 791. The summed E-state index contributed by atoms with van der Waals surface area (Å²) in [7, 11) is 0. The fourth-order valence-corrected chi connectivity index (χ4v) is 1.92. The monoisotopic (exact) mass is 286 g/mol. The summed E-state index contributed by atoms with van der Waals surface area (Å²) in [4.78, 5) is 20.0. The van der Waals surface area contributed by atoms with Crippen molar-refractivity contribution in [1.29, 1.82) is 0 Å². The summed E-state index contributed by atoms with van der Waals surface area (Å²) in [5.41, 5.74) is 1.48. The van der Waals surface area contributed by atoms with E-state index < -0.39 is 0 Å². The number of nitrogens with zero attached hydrogens (tertiary/aromatic N) is 4. The number of hydrogen-bond acceptors (Lipinski definition) is 5. The number of rotatable bonds is 3. The van der Waals surface area contributed by atoms with Crippen molar-refractivity contribution < 1.29 is 9.32 Å². The predicted octanol–water partition coefficient (Wildman–Crippen LogP) is 1.83. The number of pyridine rings is 1. The maximum atomic E-state index is 11.5. The van der Waals surface area contributed by atoms with Gasteiger partial charge in [0.2, 0.25) is 11.7 Å². The normalized spacial score (nSPS) is 10.8. The first-order valence-electron chi connectivity index (χ1n) is 6.50. The van der Waals surface area contributed by atoms with Crippen LogP contribution in [0.2, 0.25) is 0 Å². The molecule has 0 aromatic carbocycles. The standard InChI is InChI=1S/C13H14N6O2/c1-3-14-13(20)17-10-7-19-5-4-9(6-11(19)16-10)12-15-8(2)21-18-12/h4-7H,3H2,1-2H3,(H2,14,17,20). The lowest BCUT2D eigenvalue weighted by Gasteiger charge is -2.00. The van der Waals surface area contributed by atoms with Crippen LogP contribution < -0.4 is 10.6 Å². The molecule has 108 valence electrons. The Kier molecular flexibility index (Phi) is 3.27. The first-order chi connectivity index (χ1) is 10.2. The third-order valence-corrected chi connectivity index (χ3v) is 2.82. The van der Waals surface area contributed by atoms with Gasteiger partial charge in [-0.2, -0.15) is 4.98 Å². The maximum Gasteiger partial charge on any atom is 0.320 e. The molecule has 0 radical (unpaired) electrons. The smallest absolute Gasteiger partial charge is 0.320 e. The molecule has 2 amide bonds. The second kappa shape index (κ2) is 5.23. The largest absolute Gasteiger partial charge is 0.339 e. The molecule has 0 aliphatic heterocycles. The van der Waals surface area contributed by atoms with Crippen LogP contribution in [0.25, 0.3) is 17.0 Å². The number of urea groups is 1. The molecular weight excluding hydrogens is 272 g/mol. The number of anilines is 1. The van der Waals surface area contributed by atoms with E-state index in [1.165, 1.54) is 0 Å². The van der Waals surface area contributed by atoms with Gasteiger partial charge in [0, 0.05) is 25.2 Å². The Morgan fingerprint density at radius 1 is 1.43 bits per heavy atom. The van der Waals surface area contributed by atoms with Gasteiger partial charge in [0.05, 0.1) is 6.20 Å². The fourth-order valence-electron chi connectivity index (χ4n) is 1.92. The Hall–Kier alpha value is -2.90. The third-order valence-electron chi connectivity index (χ3n) is 2.82. The van der Waals surface area contributed by atoms with Crippen molar-refractivity contribution in [2.45, 2.75) is 13.8 Å². The van der Waals surface area contributed by atoms with Gasteiger partial charge in [0.1, 0.15) is 5.65 Å². The summed E-state index contributed by atoms with van der Waals surface area (Å²) in [5.74, 6) is 1.49. The van der Waals surface area contributed by atoms with Gasteiger partial charge in [0.25, 0.3) is 0 Å². The molecule has 0 aliphatic carbocycles. The second-order valence-electron chi connectivity index (χ2n) is 4.43. The third kappa shape index (κ3) is 2.69. The number of nitrogens with one attached hydrogen (secondary N) is 2. The van der Waals surface area contributed by atoms with Crippen LogP contribution >= 0.6 is 0 Å². The van der Waals surface area contributed by atoms with Crippen LogP contribution in [0.15, 0.2) is 29.0 Å². The van der Waals surface area contributed by atoms with Gasteiger partial charge in [-0.05, 0) is 19.1 Å². The van der Waals surface area contributed by atoms with E-state index in [1.807, 2.05) is 25.3 Å². The molecule has 3 rings (SSSR count). The number of amides is 2. The molecule has 21 heavy (non-hydrogen) atoms. The van der Waals surface area contributed by atoms with E-state index >= 15 is 0 Å². The molecule has 0 fully saturated rings. The highest BCUT2D eigenvalue weighted by molar-refractivity contribution is 5.88. The summed E-state index contributed by atoms with van der Waals surface area (Å²) in [5, 5.41) is 9.18. The molecule has 0 spiro atoms. The topological polar surface area (TPSA) is 97.4 Å². The molecule has 0 unspecified atom stereocenters. The zero-order valence-corrected chi connectivity index (χ0v) is 11.6. The van der Waals surface area contributed by atoms with Crippen LogP contribution in [0.3, 0.4) is 0 Å². The molecule has 8 heteroatoms. The van der Waals surface area contributed by atoms with Gasteiger partial charge in [-0.3, -0.25) is 5.32 Å². The number of carbonyl (C=O) groups excluding carboxylic acids is 1. The molecule has 0 aliphatic rings. The fraction of sp³-hybridized carbons (Fsp3) is 0.231. The van der Waals surface area contributed by atoms with Crippen molar-refractivity contribution in [2.24, 2.45) is 0 Å². The lowest BCUT2D eigenvalue weighted by Crippen LogP contribution is -2.28. The minimum Gasteiger partial charge on any atom is -0.339 e. The minimum atomic E-state index is -0.282. The summed E-state index contributed by atoms with van der Waals surface area (Å²) < 4.78 is 6.77. The highest BCUT2D eigenvalue weighted by Gasteiger charge is 2.09. The van der Waals surface area contributed by atoms with Crippen molar-refractivity contribution in [1.82, 2.24) is 24.8 Å². The summed E-state index contributed by atoms with van der Waals surface area (Å²) in [6.07, 6.45) is 3.56. The highest BCUT2D eigenvalue weighted by Crippen LogP contribution is 2.19. The summed E-state index contributed by atoms with van der Waals surface area (Å²) in [6.45, 7) is 4.14. The van der Waals surface area contributed by atoms with E-state index in [9.17, 15) is 4.79 Å². The summed E-state index contributed by atoms with van der Waals surface area (Å²) in [6, 6.07) is 3.40. The van der Waals surface area contributed by atoms with Gasteiger partial charge in [-0.25, -0.2) is 9.78 Å². The molecule has 3 heterocycles. The number of aryl methyl sites for hydroxylation is 1. The minimum absolute atomic E-state index is 0.282. The lowest BCUT2D eigenvalue weighted by atomic mass is 10.2. The molecule has 0 saturated carbocycles. The van der Waals surface area contributed by atoms with Gasteiger partial charge >= 0.3 is 6.03 Å². The lowest BCUT2D eigenvalue weighted by molar-refractivity contribution is 0.252. The SMILES string of the molecule is CCNC(=O)Nc1cn2ccc(-c3noc(C)n3)cc2n1. The maximum absolute atomic E-state index is 11.5. The average Bonchev–Trinajstić information content (AvgIpc) is 3.03. The van der Waals surface area contributed by atoms with Crippen LogP contribution in [-0.2, 0) is 0 Å². The molecule has 8 nitrogen and oxygen atoms in total. The molecule has 0 saturated heterocycles. The van der Waals surface area contributed by atoms with E-state index in [1.54, 1.807) is 17.5 Å². The van der Waals surface area contributed by atoms with E-state index in [2.05, 4.69) is 25.8 Å². The van der Waals surface area contributed by atoms with Crippen molar-refractivity contribution >= 4 is 17.5 Å².